The van der Waals surface area contributed by atoms with E-state index in [2.05, 4.69) is 9.24 Å². The quantitative estimate of drug-likeness (QED) is 0.639. The number of hydrogen-bond donors (Lipinski definition) is 0. The summed E-state index contributed by atoms with van der Waals surface area (Å²) in [5.41, 5.74) is 0. The Balaban J connectivity index is 0.000000136. The summed E-state index contributed by atoms with van der Waals surface area (Å²) in [6.07, 6.45) is 12.4. The van der Waals surface area contributed by atoms with Crippen molar-refractivity contribution in [2.75, 3.05) is 0 Å². The highest BCUT2D eigenvalue weighted by molar-refractivity contribution is 7.27. The van der Waals surface area contributed by atoms with Gasteiger partial charge in [0.15, 0.2) is 0 Å². The van der Waals surface area contributed by atoms with Gasteiger partial charge in [-0.05, 0) is 17.1 Å². The SMILES string of the molecule is C1CCC(C2CCCC2)C1.Pc1ccccc1. The highest BCUT2D eigenvalue weighted by Gasteiger charge is 2.26. The summed E-state index contributed by atoms with van der Waals surface area (Å²) in [4.78, 5) is 0. The Morgan fingerprint density at radius 1 is 0.706 bits per heavy atom. The van der Waals surface area contributed by atoms with Gasteiger partial charge in [-0.2, -0.15) is 0 Å². The van der Waals surface area contributed by atoms with Gasteiger partial charge >= 0.3 is 0 Å². The Bertz CT molecular complexity index is 281. The molecule has 1 aromatic carbocycles. The van der Waals surface area contributed by atoms with E-state index in [1.165, 1.54) is 31.0 Å². The van der Waals surface area contributed by atoms with E-state index in [4.69, 9.17) is 0 Å². The van der Waals surface area contributed by atoms with Gasteiger partial charge in [0.25, 0.3) is 0 Å². The van der Waals surface area contributed by atoms with E-state index < -0.39 is 0 Å². The van der Waals surface area contributed by atoms with E-state index in [9.17, 15) is 0 Å². The number of benzene rings is 1. The van der Waals surface area contributed by atoms with Crippen LogP contribution in [0.25, 0.3) is 0 Å². The van der Waals surface area contributed by atoms with Crippen LogP contribution in [-0.2, 0) is 0 Å². The molecule has 2 aliphatic rings. The lowest BCUT2D eigenvalue weighted by Crippen LogP contribution is -2.06. The molecule has 0 bridgehead atoms. The van der Waals surface area contributed by atoms with Gasteiger partial charge in [0.1, 0.15) is 0 Å². The Kier molecular flexibility index (Phi) is 5.52. The Morgan fingerprint density at radius 3 is 1.41 bits per heavy atom. The van der Waals surface area contributed by atoms with Crippen LogP contribution >= 0.6 is 9.24 Å². The van der Waals surface area contributed by atoms with Crippen molar-refractivity contribution in [3.8, 4) is 0 Å². The highest BCUT2D eigenvalue weighted by Crippen LogP contribution is 2.39. The number of hydrogen-bond acceptors (Lipinski definition) is 0. The zero-order valence-electron chi connectivity index (χ0n) is 10.8. The van der Waals surface area contributed by atoms with Crippen LogP contribution in [-0.4, -0.2) is 0 Å². The van der Waals surface area contributed by atoms with E-state index in [1.807, 2.05) is 30.3 Å². The maximum atomic E-state index is 2.63. The third-order valence-electron chi connectivity index (χ3n) is 4.27. The predicted octanol–water partition coefficient (Wildman–Crippen LogP) is 4.55. The molecule has 0 aromatic heterocycles. The van der Waals surface area contributed by atoms with Crippen LogP contribution in [0.2, 0.25) is 0 Å². The van der Waals surface area contributed by atoms with E-state index in [0.717, 1.165) is 11.8 Å². The average Bonchev–Trinajstić information content (AvgIpc) is 3.04. The normalized spacial score (nSPS) is 21.2. The van der Waals surface area contributed by atoms with Gasteiger partial charge in [-0.1, -0.05) is 81.7 Å². The molecule has 0 spiro atoms. The van der Waals surface area contributed by atoms with Gasteiger partial charge in [-0.3, -0.25) is 0 Å². The maximum Gasteiger partial charge on any atom is -0.0303 e. The van der Waals surface area contributed by atoms with Crippen molar-refractivity contribution < 1.29 is 0 Å². The molecule has 2 aliphatic carbocycles. The van der Waals surface area contributed by atoms with Crippen LogP contribution in [0.1, 0.15) is 51.4 Å². The summed E-state index contributed by atoms with van der Waals surface area (Å²) in [5.74, 6) is 2.31. The zero-order chi connectivity index (χ0) is 11.9. The third kappa shape index (κ3) is 4.43. The molecule has 2 fully saturated rings. The zero-order valence-corrected chi connectivity index (χ0v) is 11.9. The van der Waals surface area contributed by atoms with Crippen molar-refractivity contribution >= 4 is 14.5 Å². The average molecular weight is 248 g/mol. The molecule has 0 amide bonds. The molecule has 0 nitrogen and oxygen atoms in total. The van der Waals surface area contributed by atoms with Crippen molar-refractivity contribution in [2.45, 2.75) is 51.4 Å². The maximum absolute atomic E-state index is 2.63. The lowest BCUT2D eigenvalue weighted by Gasteiger charge is -2.16. The molecule has 17 heavy (non-hydrogen) atoms. The van der Waals surface area contributed by atoms with Crippen LogP contribution in [0.15, 0.2) is 30.3 Å². The first-order valence-corrected chi connectivity index (χ1v) is 7.74. The molecule has 2 saturated carbocycles. The van der Waals surface area contributed by atoms with Gasteiger partial charge in [0, 0.05) is 0 Å². The van der Waals surface area contributed by atoms with Crippen LogP contribution < -0.4 is 5.30 Å². The molecular weight excluding hydrogens is 223 g/mol. The fraction of sp³-hybridized carbons (Fsp3) is 0.625. The number of rotatable bonds is 1. The second-order valence-electron chi connectivity index (χ2n) is 5.50. The van der Waals surface area contributed by atoms with Gasteiger partial charge in [-0.15, -0.1) is 9.24 Å². The summed E-state index contributed by atoms with van der Waals surface area (Å²) < 4.78 is 0. The molecule has 3 rings (SSSR count). The molecule has 0 N–H and O–H groups in total. The first-order valence-electron chi connectivity index (χ1n) is 7.17. The second kappa shape index (κ2) is 7.17. The van der Waals surface area contributed by atoms with Gasteiger partial charge in [0.05, 0.1) is 0 Å². The van der Waals surface area contributed by atoms with Crippen molar-refractivity contribution in [1.82, 2.24) is 0 Å². The van der Waals surface area contributed by atoms with Crippen LogP contribution in [0.3, 0.4) is 0 Å². The fourth-order valence-electron chi connectivity index (χ4n) is 3.31. The van der Waals surface area contributed by atoms with Crippen molar-refractivity contribution in [3.05, 3.63) is 30.3 Å². The van der Waals surface area contributed by atoms with Crippen molar-refractivity contribution in [2.24, 2.45) is 11.8 Å². The molecular formula is C16H25P. The Morgan fingerprint density at radius 2 is 1.12 bits per heavy atom. The van der Waals surface area contributed by atoms with E-state index in [0.29, 0.717) is 0 Å². The Labute approximate surface area is 108 Å². The van der Waals surface area contributed by atoms with Crippen LogP contribution in [0, 0.1) is 11.8 Å². The minimum absolute atomic E-state index is 1.16. The fourth-order valence-corrected chi connectivity index (χ4v) is 3.53. The Hall–Kier alpha value is -0.350. The first kappa shape index (κ1) is 13.1. The van der Waals surface area contributed by atoms with Gasteiger partial charge < -0.3 is 0 Å². The molecule has 0 saturated heterocycles. The largest absolute Gasteiger partial charge is 0.106 e. The summed E-state index contributed by atoms with van der Waals surface area (Å²) in [6, 6.07) is 10.1. The van der Waals surface area contributed by atoms with Crippen molar-refractivity contribution in [1.29, 1.82) is 0 Å². The van der Waals surface area contributed by atoms with Crippen LogP contribution in [0.5, 0.6) is 0 Å². The summed E-state index contributed by atoms with van der Waals surface area (Å²) in [6.45, 7) is 0. The molecule has 94 valence electrons. The molecule has 1 heteroatoms. The smallest absolute Gasteiger partial charge is 0.0303 e. The minimum Gasteiger partial charge on any atom is -0.106 e. The van der Waals surface area contributed by atoms with E-state index >= 15 is 0 Å². The summed E-state index contributed by atoms with van der Waals surface area (Å²) >= 11 is 0. The summed E-state index contributed by atoms with van der Waals surface area (Å²) in [7, 11) is 2.63. The van der Waals surface area contributed by atoms with E-state index in [1.54, 1.807) is 25.7 Å². The van der Waals surface area contributed by atoms with Gasteiger partial charge in [0.2, 0.25) is 0 Å². The second-order valence-corrected chi connectivity index (χ2v) is 6.17. The lowest BCUT2D eigenvalue weighted by molar-refractivity contribution is 0.347. The molecule has 1 atom stereocenters. The molecule has 0 aliphatic heterocycles. The summed E-state index contributed by atoms with van der Waals surface area (Å²) in [5, 5.41) is 1.24. The first-order chi connectivity index (χ1) is 8.36. The molecule has 1 unspecified atom stereocenters. The minimum atomic E-state index is 1.16. The van der Waals surface area contributed by atoms with E-state index in [-0.39, 0.29) is 0 Å². The highest BCUT2D eigenvalue weighted by atomic mass is 31.0. The standard InChI is InChI=1S/C10H18.C6H7P/c1-2-6-9(5-1)10-7-3-4-8-10;7-6-4-2-1-3-5-6/h9-10H,1-8H2;1-5H,7H2. The molecule has 1 aromatic rings. The lowest BCUT2D eigenvalue weighted by atomic mass is 9.90. The van der Waals surface area contributed by atoms with Crippen LogP contribution in [0.4, 0.5) is 0 Å². The van der Waals surface area contributed by atoms with Gasteiger partial charge in [-0.25, -0.2) is 0 Å². The third-order valence-corrected chi connectivity index (χ3v) is 4.65. The molecule has 0 heterocycles. The monoisotopic (exact) mass is 248 g/mol. The molecule has 0 radical (unpaired) electrons. The predicted molar refractivity (Wildman–Crippen MR) is 79.7 cm³/mol. The van der Waals surface area contributed by atoms with Crippen molar-refractivity contribution in [3.63, 3.8) is 0 Å². The topological polar surface area (TPSA) is 0 Å².